The van der Waals surface area contributed by atoms with Crippen molar-refractivity contribution in [3.05, 3.63) is 53.2 Å². The fourth-order valence-electron chi connectivity index (χ4n) is 1.96. The van der Waals surface area contributed by atoms with Gasteiger partial charge in [0.1, 0.15) is 5.57 Å². The third-order valence-corrected chi connectivity index (χ3v) is 3.03. The van der Waals surface area contributed by atoms with E-state index in [-0.39, 0.29) is 29.9 Å². The Bertz CT molecular complexity index is 666. The Kier molecular flexibility index (Phi) is 7.17. The molecule has 0 unspecified atom stereocenters. The van der Waals surface area contributed by atoms with Crippen molar-refractivity contribution in [1.29, 1.82) is 0 Å². The van der Waals surface area contributed by atoms with E-state index >= 15 is 0 Å². The molecule has 0 spiro atoms. The summed E-state index contributed by atoms with van der Waals surface area (Å²) in [5.74, 6) is -0.634. The van der Waals surface area contributed by atoms with Gasteiger partial charge < -0.3 is 14.8 Å². The summed E-state index contributed by atoms with van der Waals surface area (Å²) < 4.78 is 24.0. The van der Waals surface area contributed by atoms with E-state index in [0.717, 1.165) is 0 Å². The van der Waals surface area contributed by atoms with Crippen LogP contribution >= 0.6 is 0 Å². The van der Waals surface area contributed by atoms with Crippen molar-refractivity contribution in [3.63, 3.8) is 0 Å². The van der Waals surface area contributed by atoms with E-state index in [1.165, 1.54) is 19.2 Å². The molecule has 1 rings (SSSR count). The van der Waals surface area contributed by atoms with E-state index in [2.05, 4.69) is 23.6 Å². The molecule has 0 bridgehead atoms. The number of benzene rings is 1. The number of nitrogens with one attached hydrogen (secondary N) is 1. The zero-order chi connectivity index (χ0) is 18.3. The fourth-order valence-corrected chi connectivity index (χ4v) is 1.96. The number of ether oxygens (including phenoxy) is 2. The lowest BCUT2D eigenvalue weighted by Gasteiger charge is -2.15. The second kappa shape index (κ2) is 8.86. The maximum absolute atomic E-state index is 13.7. The van der Waals surface area contributed by atoms with Gasteiger partial charge in [0.2, 0.25) is 5.88 Å². The van der Waals surface area contributed by atoms with Crippen LogP contribution in [0.25, 0.3) is 0 Å². The SMILES string of the molecule is C=N/C(OC(C)C)=C(\C(=C)C)C(=O)NCc1ccc(OC)c(F)c1. The lowest BCUT2D eigenvalue weighted by atomic mass is 10.1. The molecule has 6 heteroatoms. The van der Waals surface area contributed by atoms with Crippen molar-refractivity contribution >= 4 is 12.6 Å². The van der Waals surface area contributed by atoms with E-state index in [1.54, 1.807) is 13.0 Å². The lowest BCUT2D eigenvalue weighted by Crippen LogP contribution is -2.26. The minimum absolute atomic E-state index is 0.121. The van der Waals surface area contributed by atoms with E-state index < -0.39 is 11.7 Å². The molecule has 1 amide bonds. The number of rotatable bonds is 8. The van der Waals surface area contributed by atoms with Gasteiger partial charge in [-0.05, 0) is 50.8 Å². The van der Waals surface area contributed by atoms with Crippen LogP contribution < -0.4 is 10.1 Å². The molecule has 1 aromatic carbocycles. The van der Waals surface area contributed by atoms with Gasteiger partial charge in [-0.2, -0.15) is 0 Å². The third kappa shape index (κ3) is 5.22. The summed E-state index contributed by atoms with van der Waals surface area (Å²) >= 11 is 0. The summed E-state index contributed by atoms with van der Waals surface area (Å²) in [6.45, 7) is 12.7. The van der Waals surface area contributed by atoms with Gasteiger partial charge in [0.15, 0.2) is 11.6 Å². The molecule has 0 aliphatic heterocycles. The predicted molar refractivity (Wildman–Crippen MR) is 92.4 cm³/mol. The number of nitrogens with zero attached hydrogens (tertiary/aromatic N) is 1. The highest BCUT2D eigenvalue weighted by atomic mass is 19.1. The molecule has 0 aliphatic rings. The molecule has 0 heterocycles. The second-order valence-corrected chi connectivity index (χ2v) is 5.44. The van der Waals surface area contributed by atoms with Crippen LogP contribution in [0.2, 0.25) is 0 Å². The third-order valence-electron chi connectivity index (χ3n) is 3.03. The molecule has 0 fully saturated rings. The van der Waals surface area contributed by atoms with Gasteiger partial charge in [-0.25, -0.2) is 9.38 Å². The maximum Gasteiger partial charge on any atom is 0.257 e. The molecule has 0 saturated carbocycles. The van der Waals surface area contributed by atoms with Crippen molar-refractivity contribution in [3.8, 4) is 5.75 Å². The van der Waals surface area contributed by atoms with Crippen LogP contribution in [0.1, 0.15) is 26.3 Å². The fraction of sp³-hybridized carbons (Fsp3) is 0.333. The van der Waals surface area contributed by atoms with Crippen molar-refractivity contribution in [2.45, 2.75) is 33.4 Å². The standard InChI is InChI=1S/C18H23FN2O3/c1-11(2)16(18(20-5)24-12(3)4)17(22)21-10-13-7-8-15(23-6)14(19)9-13/h7-9,12H,1,5,10H2,2-4,6H3,(H,21,22)/b18-16-. The Morgan fingerprint density at radius 1 is 1.42 bits per heavy atom. The molecular formula is C18H23FN2O3. The summed E-state index contributed by atoms with van der Waals surface area (Å²) in [5, 5.41) is 2.70. The van der Waals surface area contributed by atoms with Gasteiger partial charge in [0.25, 0.3) is 5.91 Å². The van der Waals surface area contributed by atoms with Crippen LogP contribution in [-0.4, -0.2) is 25.8 Å². The quantitative estimate of drug-likeness (QED) is 0.343. The van der Waals surface area contributed by atoms with Crippen LogP contribution in [0.3, 0.4) is 0 Å². The number of amides is 1. The van der Waals surface area contributed by atoms with Gasteiger partial charge in [-0.15, -0.1) is 0 Å². The molecule has 24 heavy (non-hydrogen) atoms. The van der Waals surface area contributed by atoms with Gasteiger partial charge in [-0.1, -0.05) is 12.6 Å². The summed E-state index contributed by atoms with van der Waals surface area (Å²) in [7, 11) is 1.39. The highest BCUT2D eigenvalue weighted by Gasteiger charge is 2.18. The van der Waals surface area contributed by atoms with Crippen molar-refractivity contribution < 1.29 is 18.7 Å². The van der Waals surface area contributed by atoms with Gasteiger partial charge in [0, 0.05) is 6.54 Å². The van der Waals surface area contributed by atoms with Gasteiger partial charge >= 0.3 is 0 Å². The molecule has 130 valence electrons. The van der Waals surface area contributed by atoms with Gasteiger partial charge in [0.05, 0.1) is 13.2 Å². The molecule has 0 aliphatic carbocycles. The summed E-state index contributed by atoms with van der Waals surface area (Å²) in [5.41, 5.74) is 1.31. The molecule has 0 aromatic heterocycles. The van der Waals surface area contributed by atoms with Crippen LogP contribution in [0.4, 0.5) is 4.39 Å². The number of carbonyl (C=O) groups excluding carboxylic acids is 1. The number of methoxy groups -OCH3 is 1. The monoisotopic (exact) mass is 334 g/mol. The Hall–Kier alpha value is -2.63. The van der Waals surface area contributed by atoms with E-state index in [9.17, 15) is 9.18 Å². The Morgan fingerprint density at radius 3 is 2.54 bits per heavy atom. The van der Waals surface area contributed by atoms with E-state index in [0.29, 0.717) is 11.1 Å². The lowest BCUT2D eigenvalue weighted by molar-refractivity contribution is -0.117. The van der Waals surface area contributed by atoms with Crippen LogP contribution in [0, 0.1) is 5.82 Å². The minimum atomic E-state index is -0.489. The minimum Gasteiger partial charge on any atom is -0.494 e. The van der Waals surface area contributed by atoms with Crippen molar-refractivity contribution in [1.82, 2.24) is 5.32 Å². The molecular weight excluding hydrogens is 311 g/mol. The highest BCUT2D eigenvalue weighted by Crippen LogP contribution is 2.19. The zero-order valence-corrected chi connectivity index (χ0v) is 14.5. The molecule has 0 saturated heterocycles. The summed E-state index contributed by atoms with van der Waals surface area (Å²) in [6.07, 6.45) is -0.164. The summed E-state index contributed by atoms with van der Waals surface area (Å²) in [4.78, 5) is 16.2. The molecule has 0 radical (unpaired) electrons. The Labute approximate surface area is 141 Å². The van der Waals surface area contributed by atoms with Crippen molar-refractivity contribution in [2.24, 2.45) is 4.99 Å². The van der Waals surface area contributed by atoms with E-state index in [4.69, 9.17) is 9.47 Å². The number of halogens is 1. The first-order valence-electron chi connectivity index (χ1n) is 7.44. The number of hydrogen-bond donors (Lipinski definition) is 1. The Morgan fingerprint density at radius 2 is 2.08 bits per heavy atom. The largest absolute Gasteiger partial charge is 0.494 e. The molecule has 1 N–H and O–H groups in total. The number of hydrogen-bond acceptors (Lipinski definition) is 4. The first-order valence-corrected chi connectivity index (χ1v) is 7.44. The zero-order valence-electron chi connectivity index (χ0n) is 14.5. The molecule has 1 aromatic rings. The summed E-state index contributed by atoms with van der Waals surface area (Å²) in [6, 6.07) is 4.48. The average molecular weight is 334 g/mol. The van der Waals surface area contributed by atoms with Crippen LogP contribution in [-0.2, 0) is 16.1 Å². The normalized spacial score (nSPS) is 11.6. The van der Waals surface area contributed by atoms with Crippen LogP contribution in [0.15, 0.2) is 46.8 Å². The predicted octanol–water partition coefficient (Wildman–Crippen LogP) is 3.36. The number of aliphatic imine (C=N–C) groups is 1. The highest BCUT2D eigenvalue weighted by molar-refractivity contribution is 5.98. The first kappa shape index (κ1) is 19.4. The van der Waals surface area contributed by atoms with Gasteiger partial charge in [-0.3, -0.25) is 4.79 Å². The average Bonchev–Trinajstić information content (AvgIpc) is 2.51. The maximum atomic E-state index is 13.7. The smallest absolute Gasteiger partial charge is 0.257 e. The molecule has 0 atom stereocenters. The Balaban J connectivity index is 2.94. The second-order valence-electron chi connectivity index (χ2n) is 5.44. The van der Waals surface area contributed by atoms with Crippen LogP contribution in [0.5, 0.6) is 5.75 Å². The van der Waals surface area contributed by atoms with E-state index in [1.807, 2.05) is 13.8 Å². The topological polar surface area (TPSA) is 59.9 Å². The van der Waals surface area contributed by atoms with Crippen molar-refractivity contribution in [2.75, 3.05) is 7.11 Å². The first-order chi connectivity index (χ1) is 11.3. The number of carbonyl (C=O) groups is 1. The molecule has 5 nitrogen and oxygen atoms in total.